The summed E-state index contributed by atoms with van der Waals surface area (Å²) in [7, 11) is 0. The third-order valence-electron chi connectivity index (χ3n) is 2.73. The van der Waals surface area contributed by atoms with Crippen molar-refractivity contribution < 1.29 is 9.61 Å². The van der Waals surface area contributed by atoms with Crippen molar-refractivity contribution in [1.82, 2.24) is 0 Å². The molecule has 0 aliphatic carbocycles. The standard InChI is InChI=1S/C13H8Cl4N3O2/c14-8-5-10(15)12(11(16)6-8)19(18)13(17)7-2-1-3-9(4-7)20(21)22/h1-6H,18H2/q+1. The Morgan fingerprint density at radius 1 is 1.09 bits per heavy atom. The Balaban J connectivity index is 2.59. The molecule has 0 aliphatic heterocycles. The van der Waals surface area contributed by atoms with Crippen LogP contribution in [0.4, 0.5) is 11.4 Å². The molecule has 0 saturated heterocycles. The minimum absolute atomic E-state index is 0.0230. The monoisotopic (exact) mass is 378 g/mol. The molecular formula is C13H8Cl4N3O2+. The zero-order valence-corrected chi connectivity index (χ0v) is 13.8. The molecule has 0 amide bonds. The average Bonchev–Trinajstić information content (AvgIpc) is 2.45. The van der Waals surface area contributed by atoms with E-state index in [0.29, 0.717) is 10.6 Å². The van der Waals surface area contributed by atoms with Gasteiger partial charge in [-0.25, -0.2) is 5.84 Å². The van der Waals surface area contributed by atoms with E-state index in [1.165, 1.54) is 30.3 Å². The Hall–Kier alpha value is -1.53. The van der Waals surface area contributed by atoms with E-state index in [1.807, 2.05) is 0 Å². The molecule has 2 aromatic carbocycles. The highest BCUT2D eigenvalue weighted by molar-refractivity contribution is 6.68. The summed E-state index contributed by atoms with van der Waals surface area (Å²) in [5.74, 6) is 5.93. The number of nitro benzene ring substituents is 1. The Morgan fingerprint density at radius 3 is 2.23 bits per heavy atom. The van der Waals surface area contributed by atoms with Crippen molar-refractivity contribution in [2.45, 2.75) is 0 Å². The van der Waals surface area contributed by atoms with Crippen LogP contribution < -0.4 is 5.84 Å². The van der Waals surface area contributed by atoms with Gasteiger partial charge >= 0.3 is 5.17 Å². The van der Waals surface area contributed by atoms with Crippen molar-refractivity contribution in [2.75, 3.05) is 0 Å². The molecule has 0 heterocycles. The highest BCUT2D eigenvalue weighted by atomic mass is 35.5. The highest BCUT2D eigenvalue weighted by Crippen LogP contribution is 2.35. The lowest BCUT2D eigenvalue weighted by atomic mass is 10.2. The second kappa shape index (κ2) is 6.71. The minimum atomic E-state index is -0.531. The van der Waals surface area contributed by atoms with E-state index in [-0.39, 0.29) is 26.6 Å². The Morgan fingerprint density at radius 2 is 1.68 bits per heavy atom. The van der Waals surface area contributed by atoms with E-state index in [2.05, 4.69) is 0 Å². The van der Waals surface area contributed by atoms with E-state index >= 15 is 0 Å². The van der Waals surface area contributed by atoms with Crippen LogP contribution in [-0.4, -0.2) is 14.8 Å². The number of nitro groups is 1. The number of hydrogen-bond donors (Lipinski definition) is 1. The zero-order chi connectivity index (χ0) is 16.4. The smallest absolute Gasteiger partial charge is 0.258 e. The summed E-state index contributed by atoms with van der Waals surface area (Å²) in [6.45, 7) is 0. The lowest BCUT2D eigenvalue weighted by Gasteiger charge is -2.04. The Labute approximate surface area is 145 Å². The van der Waals surface area contributed by atoms with Crippen LogP contribution in [-0.2, 0) is 0 Å². The quantitative estimate of drug-likeness (QED) is 0.275. The van der Waals surface area contributed by atoms with Gasteiger partial charge in [-0.15, -0.1) is 0 Å². The summed E-state index contributed by atoms with van der Waals surface area (Å²) in [5, 5.41) is 11.6. The molecule has 2 rings (SSSR count). The number of halogens is 4. The molecular weight excluding hydrogens is 372 g/mol. The van der Waals surface area contributed by atoms with Gasteiger partial charge in [-0.3, -0.25) is 10.1 Å². The summed E-state index contributed by atoms with van der Waals surface area (Å²) < 4.78 is 1.04. The van der Waals surface area contributed by atoms with E-state index in [1.54, 1.807) is 6.07 Å². The Kier molecular flexibility index (Phi) is 5.13. The first-order chi connectivity index (χ1) is 10.3. The minimum Gasteiger partial charge on any atom is -0.258 e. The van der Waals surface area contributed by atoms with E-state index in [9.17, 15) is 10.1 Å². The van der Waals surface area contributed by atoms with Crippen LogP contribution in [0.3, 0.4) is 0 Å². The normalized spacial score (nSPS) is 12.0. The van der Waals surface area contributed by atoms with Crippen molar-refractivity contribution >= 4 is 62.9 Å². The fourth-order valence-electron chi connectivity index (χ4n) is 1.75. The lowest BCUT2D eigenvalue weighted by molar-refractivity contribution is -0.449. The van der Waals surface area contributed by atoms with Gasteiger partial charge < -0.3 is 0 Å². The number of nitrogens with two attached hydrogens (primary N) is 1. The molecule has 0 aliphatic rings. The van der Waals surface area contributed by atoms with Gasteiger partial charge in [0.15, 0.2) is 0 Å². The van der Waals surface area contributed by atoms with Gasteiger partial charge in [0, 0.05) is 17.2 Å². The molecule has 5 nitrogen and oxygen atoms in total. The van der Waals surface area contributed by atoms with Crippen LogP contribution in [0, 0.1) is 10.1 Å². The zero-order valence-electron chi connectivity index (χ0n) is 10.8. The van der Waals surface area contributed by atoms with Crippen LogP contribution in [0.2, 0.25) is 15.1 Å². The van der Waals surface area contributed by atoms with Gasteiger partial charge in [-0.2, -0.15) is 0 Å². The molecule has 114 valence electrons. The van der Waals surface area contributed by atoms with Crippen LogP contribution in [0.25, 0.3) is 0 Å². The van der Waals surface area contributed by atoms with Crippen LogP contribution >= 0.6 is 46.4 Å². The van der Waals surface area contributed by atoms with Crippen molar-refractivity contribution in [1.29, 1.82) is 0 Å². The van der Waals surface area contributed by atoms with Crippen molar-refractivity contribution in [2.24, 2.45) is 5.84 Å². The van der Waals surface area contributed by atoms with Crippen molar-refractivity contribution in [3.8, 4) is 0 Å². The molecule has 22 heavy (non-hydrogen) atoms. The largest absolute Gasteiger partial charge is 0.311 e. The number of rotatable bonds is 3. The highest BCUT2D eigenvalue weighted by Gasteiger charge is 2.24. The fourth-order valence-corrected chi connectivity index (χ4v) is 2.95. The summed E-state index contributed by atoms with van der Waals surface area (Å²) in [6.07, 6.45) is 0. The summed E-state index contributed by atoms with van der Waals surface area (Å²) in [5.41, 5.74) is 0.474. The second-order valence-electron chi connectivity index (χ2n) is 4.19. The van der Waals surface area contributed by atoms with E-state index in [4.69, 9.17) is 52.2 Å². The third-order valence-corrected chi connectivity index (χ3v) is 3.92. The number of hydrazine groups is 1. The number of non-ortho nitro benzene ring substituents is 1. The number of nitrogens with zero attached hydrogens (tertiary/aromatic N) is 2. The third kappa shape index (κ3) is 3.44. The first-order valence-corrected chi connectivity index (χ1v) is 7.29. The molecule has 9 heteroatoms. The molecule has 2 aromatic rings. The van der Waals surface area contributed by atoms with Gasteiger partial charge in [0.05, 0.1) is 10.5 Å². The molecule has 0 unspecified atom stereocenters. The number of hydrogen-bond acceptors (Lipinski definition) is 3. The predicted molar refractivity (Wildman–Crippen MR) is 88.6 cm³/mol. The summed E-state index contributed by atoms with van der Waals surface area (Å²) >= 11 is 24.2. The van der Waals surface area contributed by atoms with Crippen LogP contribution in [0.5, 0.6) is 0 Å². The molecule has 0 bridgehead atoms. The maximum atomic E-state index is 10.8. The van der Waals surface area contributed by atoms with Crippen LogP contribution in [0.1, 0.15) is 5.56 Å². The molecule has 0 atom stereocenters. The number of hydrazone groups is 1. The Bertz CT molecular complexity index is 770. The van der Waals surface area contributed by atoms with E-state index in [0.717, 1.165) is 4.68 Å². The molecule has 0 radical (unpaired) electrons. The summed E-state index contributed by atoms with van der Waals surface area (Å²) in [6, 6.07) is 8.63. The van der Waals surface area contributed by atoms with Crippen molar-refractivity contribution in [3.05, 3.63) is 67.1 Å². The molecule has 0 spiro atoms. The second-order valence-corrected chi connectivity index (χ2v) is 5.80. The SMILES string of the molecule is N[N+](=C(Cl)c1cccc([N+](=O)[O-])c1)c1c(Cl)cc(Cl)cc1Cl. The maximum absolute atomic E-state index is 10.8. The maximum Gasteiger partial charge on any atom is 0.311 e. The molecule has 0 aromatic heterocycles. The first-order valence-electron chi connectivity index (χ1n) is 5.78. The first kappa shape index (κ1) is 16.8. The van der Waals surface area contributed by atoms with Gasteiger partial charge in [-0.05, 0) is 29.8 Å². The van der Waals surface area contributed by atoms with Gasteiger partial charge in [-0.1, -0.05) is 45.6 Å². The molecule has 0 fully saturated rings. The molecule has 2 N–H and O–H groups in total. The number of benzene rings is 2. The predicted octanol–water partition coefficient (Wildman–Crippen LogP) is 4.76. The summed E-state index contributed by atoms with van der Waals surface area (Å²) in [4.78, 5) is 10.3. The van der Waals surface area contributed by atoms with Crippen molar-refractivity contribution in [3.63, 3.8) is 0 Å². The van der Waals surface area contributed by atoms with Gasteiger partial charge in [0.2, 0.25) is 0 Å². The average molecular weight is 380 g/mol. The van der Waals surface area contributed by atoms with Crippen LogP contribution in [0.15, 0.2) is 36.4 Å². The molecule has 0 saturated carbocycles. The lowest BCUT2D eigenvalue weighted by Crippen LogP contribution is -2.21. The van der Waals surface area contributed by atoms with Gasteiger partial charge in [0.1, 0.15) is 10.0 Å². The topological polar surface area (TPSA) is 72.2 Å². The van der Waals surface area contributed by atoms with Gasteiger partial charge in [0.25, 0.3) is 11.4 Å². The fraction of sp³-hybridized carbons (Fsp3) is 0. The van der Waals surface area contributed by atoms with E-state index < -0.39 is 4.92 Å².